The zero-order chi connectivity index (χ0) is 20.9. The molecule has 1 aromatic rings. The molecule has 0 saturated carbocycles. The van der Waals surface area contributed by atoms with E-state index < -0.39 is 18.6 Å². The molecule has 1 rings (SSSR count). The molecule has 2 amide bonds. The van der Waals surface area contributed by atoms with Crippen molar-refractivity contribution in [2.24, 2.45) is 0 Å². The van der Waals surface area contributed by atoms with Gasteiger partial charge in [-0.25, -0.2) is 0 Å². The molecule has 1 aromatic heterocycles. The molecule has 0 saturated heterocycles. The average Bonchev–Trinajstić information content (AvgIpc) is 2.92. The summed E-state index contributed by atoms with van der Waals surface area (Å²) in [6, 6.07) is -0.104. The first-order valence-electron chi connectivity index (χ1n) is 8.66. The van der Waals surface area contributed by atoms with Crippen molar-refractivity contribution in [1.82, 2.24) is 24.9 Å². The summed E-state index contributed by atoms with van der Waals surface area (Å²) in [5.74, 6) is -0.915. The quantitative estimate of drug-likeness (QED) is 0.734. The molecule has 0 aliphatic heterocycles. The van der Waals surface area contributed by atoms with E-state index in [1.54, 1.807) is 36.7 Å². The van der Waals surface area contributed by atoms with Crippen LogP contribution >= 0.6 is 0 Å². The molecule has 7 nitrogen and oxygen atoms in total. The molecule has 0 fully saturated rings. The van der Waals surface area contributed by atoms with Crippen LogP contribution in [0, 0.1) is 6.92 Å². The van der Waals surface area contributed by atoms with E-state index in [2.05, 4.69) is 10.4 Å². The fourth-order valence-electron chi connectivity index (χ4n) is 2.31. The van der Waals surface area contributed by atoms with Gasteiger partial charge in [0.1, 0.15) is 6.54 Å². The lowest BCUT2D eigenvalue weighted by Gasteiger charge is -2.27. The first kappa shape index (κ1) is 22.9. The van der Waals surface area contributed by atoms with Crippen molar-refractivity contribution in [3.05, 3.63) is 17.5 Å². The molecule has 1 N–H and O–H groups in total. The van der Waals surface area contributed by atoms with Gasteiger partial charge >= 0.3 is 6.18 Å². The maximum Gasteiger partial charge on any atom is 0.406 e. The van der Waals surface area contributed by atoms with Crippen molar-refractivity contribution in [3.8, 4) is 0 Å². The lowest BCUT2D eigenvalue weighted by molar-refractivity contribution is -0.159. The molecule has 0 bridgehead atoms. The maximum atomic E-state index is 12.4. The third-order valence-corrected chi connectivity index (χ3v) is 4.23. The van der Waals surface area contributed by atoms with Gasteiger partial charge in [0.2, 0.25) is 5.91 Å². The van der Waals surface area contributed by atoms with E-state index in [4.69, 9.17) is 0 Å². The lowest BCUT2D eigenvalue weighted by Crippen LogP contribution is -2.46. The highest BCUT2D eigenvalue weighted by atomic mass is 19.4. The number of nitrogens with one attached hydrogen (secondary N) is 1. The number of aryl methyl sites for hydroxylation is 1. The molecule has 27 heavy (non-hydrogen) atoms. The van der Waals surface area contributed by atoms with E-state index in [0.717, 1.165) is 7.05 Å². The Morgan fingerprint density at radius 2 is 1.85 bits per heavy atom. The molecule has 0 radical (unpaired) electrons. The van der Waals surface area contributed by atoms with Crippen LogP contribution in [0.3, 0.4) is 0 Å². The second-order valence-corrected chi connectivity index (χ2v) is 7.04. The molecule has 1 heterocycles. The van der Waals surface area contributed by atoms with Crippen LogP contribution in [0.4, 0.5) is 13.2 Å². The van der Waals surface area contributed by atoms with Gasteiger partial charge < -0.3 is 10.2 Å². The summed E-state index contributed by atoms with van der Waals surface area (Å²) >= 11 is 0. The van der Waals surface area contributed by atoms with Crippen molar-refractivity contribution in [2.75, 3.05) is 33.7 Å². The third-order valence-electron chi connectivity index (χ3n) is 4.23. The number of hydrogen-bond acceptors (Lipinski definition) is 4. The van der Waals surface area contributed by atoms with E-state index in [1.165, 1.54) is 0 Å². The Hall–Kier alpha value is -2.10. The van der Waals surface area contributed by atoms with Gasteiger partial charge in [0.15, 0.2) is 0 Å². The molecule has 0 aromatic carbocycles. The van der Waals surface area contributed by atoms with Gasteiger partial charge in [0.05, 0.1) is 17.8 Å². The highest BCUT2D eigenvalue weighted by molar-refractivity contribution is 5.95. The Balaban J connectivity index is 2.54. The highest BCUT2D eigenvalue weighted by Gasteiger charge is 2.31. The standard InChI is InChI=1S/C17H28F3N5O2/c1-11(2)25-8-14(13(4)22-25)16(27)21-7-12(3)23(5)9-15(26)24(6)10-17(18,19)20/h8,11-12H,7,9-10H2,1-6H3,(H,21,27). The number of hydrogen-bond donors (Lipinski definition) is 1. The number of rotatable bonds is 8. The molecule has 154 valence electrons. The van der Waals surface area contributed by atoms with Crippen LogP contribution < -0.4 is 5.32 Å². The van der Waals surface area contributed by atoms with Crippen LogP contribution in [0.25, 0.3) is 0 Å². The number of alkyl halides is 3. The summed E-state index contributed by atoms with van der Waals surface area (Å²) in [4.78, 5) is 26.5. The molecule has 10 heteroatoms. The molecule has 0 spiro atoms. The van der Waals surface area contributed by atoms with Gasteiger partial charge in [-0.1, -0.05) is 0 Å². The first-order chi connectivity index (χ1) is 12.3. The Bertz CT molecular complexity index is 657. The molecular weight excluding hydrogens is 363 g/mol. The third kappa shape index (κ3) is 7.20. The summed E-state index contributed by atoms with van der Waals surface area (Å²) in [7, 11) is 2.74. The Labute approximate surface area is 157 Å². The van der Waals surface area contributed by atoms with Crippen molar-refractivity contribution in [1.29, 1.82) is 0 Å². The van der Waals surface area contributed by atoms with Crippen molar-refractivity contribution in [3.63, 3.8) is 0 Å². The van der Waals surface area contributed by atoms with E-state index in [-0.39, 0.29) is 31.1 Å². The second-order valence-electron chi connectivity index (χ2n) is 7.04. The first-order valence-corrected chi connectivity index (χ1v) is 8.66. The largest absolute Gasteiger partial charge is 0.406 e. The summed E-state index contributed by atoms with van der Waals surface area (Å²) in [6.45, 7) is 6.23. The predicted octanol–water partition coefficient (Wildman–Crippen LogP) is 1.84. The highest BCUT2D eigenvalue weighted by Crippen LogP contribution is 2.15. The van der Waals surface area contributed by atoms with Gasteiger partial charge in [-0.3, -0.25) is 19.2 Å². The van der Waals surface area contributed by atoms with Gasteiger partial charge in [0.25, 0.3) is 5.91 Å². The van der Waals surface area contributed by atoms with Crippen LogP contribution in [0.2, 0.25) is 0 Å². The zero-order valence-corrected chi connectivity index (χ0v) is 16.6. The predicted molar refractivity (Wildman–Crippen MR) is 95.5 cm³/mol. The van der Waals surface area contributed by atoms with E-state index in [1.807, 2.05) is 13.8 Å². The maximum absolute atomic E-state index is 12.4. The summed E-state index contributed by atoms with van der Waals surface area (Å²) < 4.78 is 38.8. The van der Waals surface area contributed by atoms with Crippen molar-refractivity contribution in [2.45, 2.75) is 46.0 Å². The Morgan fingerprint density at radius 3 is 2.33 bits per heavy atom. The van der Waals surface area contributed by atoms with Gasteiger partial charge in [-0.15, -0.1) is 0 Å². The van der Waals surface area contributed by atoms with Crippen LogP contribution in [0.15, 0.2) is 6.20 Å². The van der Waals surface area contributed by atoms with E-state index >= 15 is 0 Å². The number of nitrogens with zero attached hydrogens (tertiary/aromatic N) is 4. The number of amides is 2. The average molecular weight is 391 g/mol. The second kappa shape index (κ2) is 9.20. The lowest BCUT2D eigenvalue weighted by atomic mass is 10.2. The summed E-state index contributed by atoms with van der Waals surface area (Å²) in [6.07, 6.45) is -2.75. The monoisotopic (exact) mass is 391 g/mol. The summed E-state index contributed by atoms with van der Waals surface area (Å²) in [5, 5.41) is 7.06. The van der Waals surface area contributed by atoms with Crippen LogP contribution in [-0.4, -0.2) is 77.3 Å². The number of aromatic nitrogens is 2. The summed E-state index contributed by atoms with van der Waals surface area (Å²) in [5.41, 5.74) is 1.09. The van der Waals surface area contributed by atoms with Gasteiger partial charge in [-0.05, 0) is 34.7 Å². The SMILES string of the molecule is Cc1nn(C(C)C)cc1C(=O)NCC(C)N(C)CC(=O)N(C)CC(F)(F)F. The number of carbonyl (C=O) groups excluding carboxylic acids is 2. The minimum atomic E-state index is -4.43. The Kier molecular flexibility index (Phi) is 7.82. The molecular formula is C17H28F3N5O2. The normalized spacial score (nSPS) is 13.1. The number of likely N-dealkylation sites (N-methyl/N-ethyl adjacent to an activating group) is 2. The van der Waals surface area contributed by atoms with Crippen LogP contribution in [0.5, 0.6) is 0 Å². The zero-order valence-electron chi connectivity index (χ0n) is 16.6. The molecule has 0 aliphatic rings. The van der Waals surface area contributed by atoms with Crippen LogP contribution in [0.1, 0.15) is 42.9 Å². The number of halogens is 3. The van der Waals surface area contributed by atoms with Gasteiger partial charge in [0, 0.05) is 31.9 Å². The number of carbonyl (C=O) groups is 2. The van der Waals surface area contributed by atoms with E-state index in [0.29, 0.717) is 16.2 Å². The van der Waals surface area contributed by atoms with E-state index in [9.17, 15) is 22.8 Å². The minimum Gasteiger partial charge on any atom is -0.350 e. The van der Waals surface area contributed by atoms with Gasteiger partial charge in [-0.2, -0.15) is 18.3 Å². The van der Waals surface area contributed by atoms with Crippen molar-refractivity contribution < 1.29 is 22.8 Å². The fourth-order valence-corrected chi connectivity index (χ4v) is 2.31. The molecule has 1 unspecified atom stereocenters. The molecule has 0 aliphatic carbocycles. The minimum absolute atomic E-state index is 0.134. The Morgan fingerprint density at radius 1 is 1.26 bits per heavy atom. The topological polar surface area (TPSA) is 70.5 Å². The van der Waals surface area contributed by atoms with Crippen LogP contribution in [-0.2, 0) is 4.79 Å². The molecule has 1 atom stereocenters. The fraction of sp³-hybridized carbons (Fsp3) is 0.706. The van der Waals surface area contributed by atoms with Crippen molar-refractivity contribution >= 4 is 11.8 Å². The smallest absolute Gasteiger partial charge is 0.350 e.